The van der Waals surface area contributed by atoms with Gasteiger partial charge in [-0.05, 0) is 30.0 Å². The summed E-state index contributed by atoms with van der Waals surface area (Å²) in [5.41, 5.74) is 7.98. The van der Waals surface area contributed by atoms with Crippen molar-refractivity contribution in [1.29, 1.82) is 0 Å². The largest absolute Gasteiger partial charge is 0.493 e. The van der Waals surface area contributed by atoms with Crippen LogP contribution in [0.4, 0.5) is 5.13 Å². The van der Waals surface area contributed by atoms with Gasteiger partial charge in [-0.25, -0.2) is 4.98 Å². The lowest BCUT2D eigenvalue weighted by Crippen LogP contribution is -2.04. The van der Waals surface area contributed by atoms with Crippen LogP contribution in [-0.2, 0) is 6.42 Å². The van der Waals surface area contributed by atoms with E-state index in [1.165, 1.54) is 16.9 Å². The van der Waals surface area contributed by atoms with Gasteiger partial charge in [0.1, 0.15) is 5.75 Å². The molecule has 4 heteroatoms. The van der Waals surface area contributed by atoms with E-state index in [0.29, 0.717) is 11.0 Å². The van der Waals surface area contributed by atoms with E-state index in [-0.39, 0.29) is 0 Å². The molecular weight excluding hydrogens is 232 g/mol. The van der Waals surface area contributed by atoms with Crippen molar-refractivity contribution in [3.05, 3.63) is 17.7 Å². The van der Waals surface area contributed by atoms with Crippen molar-refractivity contribution in [2.75, 3.05) is 12.3 Å². The van der Waals surface area contributed by atoms with E-state index in [4.69, 9.17) is 10.5 Å². The minimum atomic E-state index is 0.530. The number of hydrogen-bond acceptors (Lipinski definition) is 4. The van der Waals surface area contributed by atoms with Gasteiger partial charge in [-0.1, -0.05) is 32.1 Å². The molecule has 0 fully saturated rings. The molecule has 3 nitrogen and oxygen atoms in total. The number of fused-ring (bicyclic) bond motifs is 1. The molecule has 0 bridgehead atoms. The molecule has 0 amide bonds. The Bertz CT molecular complexity index is 519. The number of nitrogen functional groups attached to an aromatic ring is 1. The van der Waals surface area contributed by atoms with E-state index >= 15 is 0 Å². The third-order valence-electron chi connectivity index (χ3n) is 2.53. The van der Waals surface area contributed by atoms with Gasteiger partial charge in [0.15, 0.2) is 5.13 Å². The van der Waals surface area contributed by atoms with Crippen LogP contribution in [0, 0.1) is 5.92 Å². The van der Waals surface area contributed by atoms with Crippen LogP contribution < -0.4 is 10.5 Å². The summed E-state index contributed by atoms with van der Waals surface area (Å²) in [6.07, 6.45) is 0.943. The normalized spacial score (nSPS) is 11.3. The first-order valence-corrected chi connectivity index (χ1v) is 6.73. The summed E-state index contributed by atoms with van der Waals surface area (Å²) in [7, 11) is 0. The Morgan fingerprint density at radius 1 is 1.41 bits per heavy atom. The molecule has 1 aromatic carbocycles. The number of ether oxygens (including phenoxy) is 1. The highest BCUT2D eigenvalue weighted by molar-refractivity contribution is 7.22. The number of anilines is 1. The highest BCUT2D eigenvalue weighted by Gasteiger charge is 2.09. The summed E-state index contributed by atoms with van der Waals surface area (Å²) >= 11 is 1.52. The third-order valence-corrected chi connectivity index (χ3v) is 3.36. The zero-order valence-corrected chi connectivity index (χ0v) is 11.3. The van der Waals surface area contributed by atoms with Crippen LogP contribution in [0.3, 0.4) is 0 Å². The van der Waals surface area contributed by atoms with Crippen LogP contribution in [0.25, 0.3) is 10.2 Å². The average molecular weight is 250 g/mol. The highest BCUT2D eigenvalue weighted by Crippen LogP contribution is 2.31. The molecule has 0 atom stereocenters. The second-order valence-corrected chi connectivity index (χ2v) is 5.60. The smallest absolute Gasteiger partial charge is 0.181 e. The van der Waals surface area contributed by atoms with Crippen molar-refractivity contribution in [3.63, 3.8) is 0 Å². The lowest BCUT2D eigenvalue weighted by molar-refractivity contribution is 0.271. The lowest BCUT2D eigenvalue weighted by Gasteiger charge is -2.10. The molecule has 92 valence electrons. The molecule has 2 aromatic rings. The number of nitrogens with zero attached hydrogens (tertiary/aromatic N) is 1. The first-order chi connectivity index (χ1) is 8.10. The second kappa shape index (κ2) is 4.92. The number of benzene rings is 1. The zero-order chi connectivity index (χ0) is 12.4. The van der Waals surface area contributed by atoms with E-state index < -0.39 is 0 Å². The molecule has 17 heavy (non-hydrogen) atoms. The minimum Gasteiger partial charge on any atom is -0.493 e. The summed E-state index contributed by atoms with van der Waals surface area (Å²) in [6.45, 7) is 7.15. The number of thiazole rings is 1. The minimum absolute atomic E-state index is 0.530. The van der Waals surface area contributed by atoms with Gasteiger partial charge >= 0.3 is 0 Å². The van der Waals surface area contributed by atoms with Gasteiger partial charge in [-0.3, -0.25) is 0 Å². The van der Waals surface area contributed by atoms with Crippen LogP contribution in [0.1, 0.15) is 26.3 Å². The van der Waals surface area contributed by atoms with Gasteiger partial charge in [-0.15, -0.1) is 0 Å². The van der Waals surface area contributed by atoms with Crippen LogP contribution in [0.5, 0.6) is 5.75 Å². The van der Waals surface area contributed by atoms with Gasteiger partial charge in [0.25, 0.3) is 0 Å². The monoisotopic (exact) mass is 250 g/mol. The predicted octanol–water partition coefficient (Wildman–Crippen LogP) is 3.48. The van der Waals surface area contributed by atoms with Crippen LogP contribution in [0.2, 0.25) is 0 Å². The maximum Gasteiger partial charge on any atom is 0.181 e. The summed E-state index contributed by atoms with van der Waals surface area (Å²) in [5.74, 6) is 1.45. The molecule has 0 saturated carbocycles. The number of aromatic nitrogens is 1. The SMILES string of the molecule is CCc1cc(OCC(C)C)cc2sc(N)nc12. The molecule has 0 aliphatic heterocycles. The molecule has 0 spiro atoms. The Kier molecular flexibility index (Phi) is 3.52. The summed E-state index contributed by atoms with van der Waals surface area (Å²) in [5, 5.41) is 0.621. The van der Waals surface area contributed by atoms with Crippen LogP contribution >= 0.6 is 11.3 Å². The van der Waals surface area contributed by atoms with E-state index in [1.807, 2.05) is 6.07 Å². The molecule has 0 aliphatic rings. The predicted molar refractivity (Wildman–Crippen MR) is 73.7 cm³/mol. The molecule has 2 N–H and O–H groups in total. The molecule has 0 saturated heterocycles. The first-order valence-electron chi connectivity index (χ1n) is 5.92. The Labute approximate surface area is 106 Å². The molecule has 1 aromatic heterocycles. The maximum absolute atomic E-state index is 5.77. The van der Waals surface area contributed by atoms with Crippen molar-refractivity contribution >= 4 is 26.7 Å². The van der Waals surface area contributed by atoms with Crippen molar-refractivity contribution in [2.45, 2.75) is 27.2 Å². The first kappa shape index (κ1) is 12.2. The van der Waals surface area contributed by atoms with Crippen molar-refractivity contribution in [2.24, 2.45) is 5.92 Å². The fourth-order valence-corrected chi connectivity index (χ4v) is 2.51. The van der Waals surface area contributed by atoms with E-state index in [9.17, 15) is 0 Å². The van der Waals surface area contributed by atoms with Crippen LogP contribution in [0.15, 0.2) is 12.1 Å². The Balaban J connectivity index is 2.37. The van der Waals surface area contributed by atoms with Crippen molar-refractivity contribution in [3.8, 4) is 5.75 Å². The fraction of sp³-hybridized carbons (Fsp3) is 0.462. The van der Waals surface area contributed by atoms with Gasteiger partial charge < -0.3 is 10.5 Å². The zero-order valence-electron chi connectivity index (χ0n) is 10.5. The van der Waals surface area contributed by atoms with Gasteiger partial charge in [0.2, 0.25) is 0 Å². The Morgan fingerprint density at radius 3 is 2.82 bits per heavy atom. The Hall–Kier alpha value is -1.29. The van der Waals surface area contributed by atoms with Crippen molar-refractivity contribution < 1.29 is 4.74 Å². The third kappa shape index (κ3) is 2.69. The number of rotatable bonds is 4. The molecule has 0 aliphatic carbocycles. The lowest BCUT2D eigenvalue weighted by atomic mass is 10.1. The second-order valence-electron chi connectivity index (χ2n) is 4.54. The molecule has 2 rings (SSSR count). The van der Waals surface area contributed by atoms with Crippen LogP contribution in [-0.4, -0.2) is 11.6 Å². The fourth-order valence-electron chi connectivity index (χ4n) is 1.70. The van der Waals surface area contributed by atoms with Gasteiger partial charge in [0.05, 0.1) is 16.8 Å². The summed E-state index contributed by atoms with van der Waals surface area (Å²) in [4.78, 5) is 4.36. The van der Waals surface area contributed by atoms with E-state index in [0.717, 1.165) is 29.0 Å². The number of hydrogen-bond donors (Lipinski definition) is 1. The van der Waals surface area contributed by atoms with E-state index in [1.54, 1.807) is 0 Å². The van der Waals surface area contributed by atoms with Crippen molar-refractivity contribution in [1.82, 2.24) is 4.98 Å². The molecule has 1 heterocycles. The summed E-state index contributed by atoms with van der Waals surface area (Å²) < 4.78 is 6.88. The molecular formula is C13H18N2OS. The Morgan fingerprint density at radius 2 is 2.18 bits per heavy atom. The molecule has 0 radical (unpaired) electrons. The quantitative estimate of drug-likeness (QED) is 0.903. The summed E-state index contributed by atoms with van der Waals surface area (Å²) in [6, 6.07) is 4.11. The van der Waals surface area contributed by atoms with E-state index in [2.05, 4.69) is 31.8 Å². The maximum atomic E-state index is 5.77. The molecule has 0 unspecified atom stereocenters. The number of aryl methyl sites for hydroxylation is 1. The van der Waals surface area contributed by atoms with Gasteiger partial charge in [0, 0.05) is 0 Å². The standard InChI is InChI=1S/C13H18N2OS/c1-4-9-5-10(16-7-8(2)3)6-11-12(9)15-13(14)17-11/h5-6,8H,4,7H2,1-3H3,(H2,14,15). The number of nitrogens with two attached hydrogens (primary N) is 1. The highest BCUT2D eigenvalue weighted by atomic mass is 32.1. The topological polar surface area (TPSA) is 48.1 Å². The van der Waals surface area contributed by atoms with Gasteiger partial charge in [-0.2, -0.15) is 0 Å². The average Bonchev–Trinajstić information content (AvgIpc) is 2.65.